The molecule has 3 aromatic heterocycles. The molecule has 11 rings (SSSR count). The average Bonchev–Trinajstić information content (AvgIpc) is 4.05. The number of piperidine rings is 2. The van der Waals surface area contributed by atoms with Crippen LogP contribution in [0.3, 0.4) is 0 Å². The van der Waals surface area contributed by atoms with E-state index in [1.165, 1.54) is 5.56 Å². The van der Waals surface area contributed by atoms with E-state index in [1.54, 1.807) is 34.2 Å². The molecule has 2 aromatic carbocycles. The maximum Gasteiger partial charge on any atom is 0.328 e. The number of para-hydroxylation sites is 1. The molecule has 0 spiro atoms. The van der Waals surface area contributed by atoms with Crippen molar-refractivity contribution in [3.63, 3.8) is 0 Å². The number of morpholine rings is 1. The van der Waals surface area contributed by atoms with E-state index in [4.69, 9.17) is 15.5 Å². The number of nitrogens with one attached hydrogen (secondary N) is 1. The summed E-state index contributed by atoms with van der Waals surface area (Å²) in [5.74, 6) is 0.555. The molecule has 6 aliphatic rings. The quantitative estimate of drug-likeness (QED) is 0.148. The first-order valence-corrected chi connectivity index (χ1v) is 22.8. The first kappa shape index (κ1) is 40.6. The highest BCUT2D eigenvalue weighted by Crippen LogP contribution is 2.48. The van der Waals surface area contributed by atoms with Gasteiger partial charge in [-0.05, 0) is 92.0 Å². The van der Waals surface area contributed by atoms with Crippen LogP contribution in [0.2, 0.25) is 0 Å². The number of alkyl halides is 1. The van der Waals surface area contributed by atoms with Crippen LogP contribution < -0.4 is 20.9 Å². The van der Waals surface area contributed by atoms with Crippen LogP contribution in [0, 0.1) is 0 Å². The van der Waals surface area contributed by atoms with Crippen LogP contribution in [0.4, 0.5) is 26.4 Å². The van der Waals surface area contributed by atoms with Crippen molar-refractivity contribution in [3.8, 4) is 17.0 Å². The van der Waals surface area contributed by atoms with Gasteiger partial charge in [-0.25, -0.2) is 14.2 Å². The van der Waals surface area contributed by atoms with Gasteiger partial charge in [0.25, 0.3) is 5.91 Å². The Labute approximate surface area is 370 Å². The number of likely N-dealkylation sites (tertiary alicyclic amines) is 1. The van der Waals surface area contributed by atoms with Gasteiger partial charge in [0, 0.05) is 99.4 Å². The number of pyridine rings is 1. The number of hydrogen-bond donors (Lipinski definition) is 3. The Morgan fingerprint density at radius 1 is 0.938 bits per heavy atom. The molecule has 0 radical (unpaired) electrons. The summed E-state index contributed by atoms with van der Waals surface area (Å²) in [4.78, 5) is 51.1. The topological polar surface area (TPSA) is 175 Å². The smallest absolute Gasteiger partial charge is 0.328 e. The summed E-state index contributed by atoms with van der Waals surface area (Å²) >= 11 is 0. The minimum atomic E-state index is -1.36. The lowest BCUT2D eigenvalue weighted by atomic mass is 9.89. The third kappa shape index (κ3) is 7.59. The number of anilines is 3. The lowest BCUT2D eigenvalue weighted by molar-refractivity contribution is -0.120. The summed E-state index contributed by atoms with van der Waals surface area (Å²) in [5, 5.41) is 22.3. The predicted molar refractivity (Wildman–Crippen MR) is 239 cm³/mol. The molecule has 4 N–H and O–H groups in total. The molecule has 64 heavy (non-hydrogen) atoms. The molecule has 5 aromatic rings. The molecule has 15 nitrogen and oxygen atoms in total. The lowest BCUT2D eigenvalue weighted by Gasteiger charge is -2.45. The molecule has 6 fully saturated rings. The second-order valence-electron chi connectivity index (χ2n) is 18.7. The number of phenolic OH excluding ortho intramolecular Hbond substituents is 1. The number of imide groups is 1. The fourth-order valence-corrected chi connectivity index (χ4v) is 11.0. The molecule has 4 atom stereocenters. The maximum absolute atomic E-state index is 16.8. The Hall–Kier alpha value is -6.13. The molecule has 1 saturated carbocycles. The summed E-state index contributed by atoms with van der Waals surface area (Å²) in [7, 11) is 0. The van der Waals surface area contributed by atoms with Crippen molar-refractivity contribution in [3.05, 3.63) is 89.7 Å². The number of urea groups is 1. The fourth-order valence-electron chi connectivity index (χ4n) is 11.0. The molecular weight excluding hydrogens is 816 g/mol. The van der Waals surface area contributed by atoms with E-state index in [-0.39, 0.29) is 48.2 Å². The average molecular weight is 869 g/mol. The van der Waals surface area contributed by atoms with E-state index < -0.39 is 11.7 Å². The second kappa shape index (κ2) is 16.1. The number of amides is 4. The van der Waals surface area contributed by atoms with E-state index in [2.05, 4.69) is 42.1 Å². The van der Waals surface area contributed by atoms with Gasteiger partial charge in [0.2, 0.25) is 5.91 Å². The number of aromatic hydroxyl groups is 1. The number of hydrogen-bond acceptors (Lipinski definition) is 11. The van der Waals surface area contributed by atoms with Crippen LogP contribution in [-0.4, -0.2) is 116 Å². The van der Waals surface area contributed by atoms with E-state index >= 15 is 4.39 Å². The van der Waals surface area contributed by atoms with Crippen molar-refractivity contribution in [2.75, 3.05) is 61.4 Å². The molecule has 8 heterocycles. The van der Waals surface area contributed by atoms with Crippen LogP contribution in [-0.2, 0) is 9.53 Å². The molecule has 2 bridgehead atoms. The molecule has 5 aliphatic heterocycles. The SMILES string of the molecule is Nc1nnc(-c2ccccc2O)cc1N1CCO[C@H](c2ccc(C(=O)N3CCC(F)(CN4[C@@H]5CC[C@H]4CC(n4cc(C6CC6)c6cc(N7CCC(=O)NC7=O)cnc64)C5)CC3)cc2)C1. The number of carbonyl (C=O) groups is 3. The normalized spacial score (nSPS) is 24.9. The largest absolute Gasteiger partial charge is 0.507 e. The van der Waals surface area contributed by atoms with Gasteiger partial charge in [-0.2, -0.15) is 0 Å². The van der Waals surface area contributed by atoms with Gasteiger partial charge in [0.15, 0.2) is 5.82 Å². The molecule has 16 heteroatoms. The third-order valence-electron chi connectivity index (χ3n) is 14.7. The highest BCUT2D eigenvalue weighted by molar-refractivity contribution is 6.06. The first-order valence-electron chi connectivity index (χ1n) is 22.8. The Bertz CT molecular complexity index is 2610. The first-order chi connectivity index (χ1) is 31.1. The number of nitrogens with two attached hydrogens (primary N) is 1. The van der Waals surface area contributed by atoms with Crippen LogP contribution in [0.25, 0.3) is 22.3 Å². The van der Waals surface area contributed by atoms with Crippen LogP contribution in [0.5, 0.6) is 5.75 Å². The van der Waals surface area contributed by atoms with Gasteiger partial charge < -0.3 is 29.9 Å². The third-order valence-corrected chi connectivity index (χ3v) is 14.7. The summed E-state index contributed by atoms with van der Waals surface area (Å²) in [6.45, 7) is 3.06. The number of nitrogen functional groups attached to an aromatic ring is 1. The van der Waals surface area contributed by atoms with E-state index in [1.807, 2.05) is 36.4 Å². The van der Waals surface area contributed by atoms with Gasteiger partial charge in [-0.3, -0.25) is 24.7 Å². The predicted octanol–water partition coefficient (Wildman–Crippen LogP) is 6.50. The number of ether oxygens (including phenoxy) is 1. The summed E-state index contributed by atoms with van der Waals surface area (Å²) in [6.07, 6.45) is 10.9. The number of benzene rings is 2. The van der Waals surface area contributed by atoms with E-state index in [0.29, 0.717) is 98.6 Å². The number of phenols is 1. The van der Waals surface area contributed by atoms with E-state index in [9.17, 15) is 19.5 Å². The van der Waals surface area contributed by atoms with Crippen molar-refractivity contribution in [1.29, 1.82) is 0 Å². The molecule has 1 unspecified atom stereocenters. The number of rotatable bonds is 9. The fraction of sp³-hybridized carbons (Fsp3) is 0.458. The van der Waals surface area contributed by atoms with Gasteiger partial charge >= 0.3 is 6.03 Å². The minimum Gasteiger partial charge on any atom is -0.507 e. The Morgan fingerprint density at radius 3 is 2.44 bits per heavy atom. The Morgan fingerprint density at radius 2 is 1.70 bits per heavy atom. The van der Waals surface area contributed by atoms with Gasteiger partial charge in [-0.15, -0.1) is 10.2 Å². The Balaban J connectivity index is 0.708. The van der Waals surface area contributed by atoms with E-state index in [0.717, 1.165) is 55.1 Å². The number of carbonyl (C=O) groups excluding carboxylic acids is 3. The molecular formula is C48H53FN10O5. The summed E-state index contributed by atoms with van der Waals surface area (Å²) < 4.78 is 25.3. The zero-order chi connectivity index (χ0) is 43.7. The van der Waals surface area contributed by atoms with Crippen molar-refractivity contribution in [2.45, 2.75) is 93.6 Å². The zero-order valence-electron chi connectivity index (χ0n) is 35.7. The van der Waals surface area contributed by atoms with Crippen molar-refractivity contribution >= 4 is 46.1 Å². The number of fused-ring (bicyclic) bond motifs is 3. The van der Waals surface area contributed by atoms with Crippen LogP contribution in [0.15, 0.2) is 73.1 Å². The number of aromatic nitrogens is 4. The number of nitrogens with zero attached hydrogens (tertiary/aromatic N) is 8. The summed E-state index contributed by atoms with van der Waals surface area (Å²) in [5.41, 5.74) is 11.2. The number of halogens is 1. The van der Waals surface area contributed by atoms with Gasteiger partial charge in [-0.1, -0.05) is 24.3 Å². The molecule has 332 valence electrons. The van der Waals surface area contributed by atoms with Crippen molar-refractivity contribution < 1.29 is 28.6 Å². The standard InChI is InChI=1S/C48H53FN10O5/c49-48(28-59-32-11-12-33(59)22-34(21-32)58-26-38(29-5-6-29)37-23-35(25-51-45(37)58)57-16-13-43(61)52-47(57)63)14-17-55(18-15-48)46(62)31-9-7-30(8-10-31)42-27-56(19-20-64-42)40-24-39(53-54-44(40)50)36-3-1-2-4-41(36)60/h1-4,7-10,23-26,29,32-34,42,60H,5-6,11-22,27-28H2,(H2,50,54)(H,52,61,63)/t32-,33+,34?,42-/m0/s1. The highest BCUT2D eigenvalue weighted by atomic mass is 19.1. The zero-order valence-corrected chi connectivity index (χ0v) is 35.7. The molecule has 4 amide bonds. The van der Waals surface area contributed by atoms with Gasteiger partial charge in [0.05, 0.1) is 29.9 Å². The van der Waals surface area contributed by atoms with Crippen LogP contribution in [0.1, 0.15) is 97.3 Å². The molecule has 5 saturated heterocycles. The van der Waals surface area contributed by atoms with Crippen molar-refractivity contribution in [2.24, 2.45) is 0 Å². The Kier molecular flexibility index (Phi) is 10.2. The van der Waals surface area contributed by atoms with Crippen LogP contribution >= 0.6 is 0 Å². The minimum absolute atomic E-state index is 0.0902. The van der Waals surface area contributed by atoms with Crippen molar-refractivity contribution in [1.82, 2.24) is 34.9 Å². The van der Waals surface area contributed by atoms with Gasteiger partial charge in [0.1, 0.15) is 23.2 Å². The molecule has 1 aliphatic carbocycles. The lowest BCUT2D eigenvalue weighted by Crippen LogP contribution is -2.54. The monoisotopic (exact) mass is 868 g/mol. The highest BCUT2D eigenvalue weighted by Gasteiger charge is 2.47. The maximum atomic E-state index is 16.8. The summed E-state index contributed by atoms with van der Waals surface area (Å²) in [6, 6.07) is 18.9. The second-order valence-corrected chi connectivity index (χ2v) is 18.7.